The van der Waals surface area contributed by atoms with Crippen molar-refractivity contribution in [2.75, 3.05) is 19.8 Å². The lowest BCUT2D eigenvalue weighted by molar-refractivity contribution is -0.0574. The predicted molar refractivity (Wildman–Crippen MR) is 44.9 cm³/mol. The summed E-state index contributed by atoms with van der Waals surface area (Å²) >= 11 is 0. The van der Waals surface area contributed by atoms with Crippen LogP contribution in [-0.4, -0.2) is 30.0 Å². The number of aryl methyl sites for hydroxylation is 1. The van der Waals surface area contributed by atoms with E-state index >= 15 is 0 Å². The maximum atomic E-state index is 5.70. The Morgan fingerprint density at radius 3 is 2.83 bits per heavy atom. The topological polar surface area (TPSA) is 63.9 Å². The first kappa shape index (κ1) is 7.76. The molecule has 3 N–H and O–H groups in total. The van der Waals surface area contributed by atoms with E-state index in [4.69, 9.17) is 10.5 Å². The molecule has 0 unspecified atom stereocenters. The Bertz CT molecular complexity index is 272. The molecule has 12 heavy (non-hydrogen) atoms. The van der Waals surface area contributed by atoms with E-state index in [-0.39, 0.29) is 5.41 Å². The second kappa shape index (κ2) is 2.57. The summed E-state index contributed by atoms with van der Waals surface area (Å²) in [7, 11) is 0. The molecule has 1 aliphatic rings. The van der Waals surface area contributed by atoms with E-state index in [1.165, 1.54) is 5.56 Å². The van der Waals surface area contributed by atoms with Crippen molar-refractivity contribution >= 4 is 0 Å². The van der Waals surface area contributed by atoms with Crippen molar-refractivity contribution in [1.82, 2.24) is 10.2 Å². The first-order chi connectivity index (χ1) is 5.78. The molecule has 1 aromatic heterocycles. The van der Waals surface area contributed by atoms with E-state index in [2.05, 4.69) is 10.2 Å². The molecule has 0 spiro atoms. The van der Waals surface area contributed by atoms with Gasteiger partial charge in [-0.15, -0.1) is 0 Å². The van der Waals surface area contributed by atoms with Crippen molar-refractivity contribution in [3.8, 4) is 0 Å². The standard InChI is InChI=1S/C8H13N3O/c1-6-2-10-11-7(6)8(3-9)4-12-5-8/h2H,3-5,9H2,1H3,(H,10,11). The molecule has 4 heteroatoms. The van der Waals surface area contributed by atoms with Crippen LogP contribution in [0.2, 0.25) is 0 Å². The number of H-pyrrole nitrogens is 1. The molecule has 1 aliphatic heterocycles. The molecule has 1 saturated heterocycles. The monoisotopic (exact) mass is 167 g/mol. The normalized spacial score (nSPS) is 20.5. The van der Waals surface area contributed by atoms with Crippen molar-refractivity contribution in [3.05, 3.63) is 17.5 Å². The Labute approximate surface area is 71.1 Å². The van der Waals surface area contributed by atoms with Gasteiger partial charge in [0.2, 0.25) is 0 Å². The summed E-state index contributed by atoms with van der Waals surface area (Å²) in [5.41, 5.74) is 8.02. The minimum atomic E-state index is 0.0145. The average Bonchev–Trinajstić information content (AvgIpc) is 2.36. The Balaban J connectivity index is 2.33. The summed E-state index contributed by atoms with van der Waals surface area (Å²) in [4.78, 5) is 0. The zero-order chi connectivity index (χ0) is 8.60. The van der Waals surface area contributed by atoms with E-state index < -0.39 is 0 Å². The van der Waals surface area contributed by atoms with Gasteiger partial charge in [0.1, 0.15) is 0 Å². The number of nitrogens with one attached hydrogen (secondary N) is 1. The molecule has 1 fully saturated rings. The molecular weight excluding hydrogens is 154 g/mol. The van der Waals surface area contributed by atoms with Crippen LogP contribution in [-0.2, 0) is 10.2 Å². The second-order valence-electron chi connectivity index (χ2n) is 3.41. The summed E-state index contributed by atoms with van der Waals surface area (Å²) in [6.45, 7) is 4.09. The SMILES string of the molecule is Cc1cn[nH]c1C1(CN)COC1. The fourth-order valence-corrected chi connectivity index (χ4v) is 1.60. The van der Waals surface area contributed by atoms with Crippen LogP contribution in [0.5, 0.6) is 0 Å². The lowest BCUT2D eigenvalue weighted by atomic mass is 9.81. The minimum Gasteiger partial charge on any atom is -0.379 e. The molecule has 0 aromatic carbocycles. The second-order valence-corrected chi connectivity index (χ2v) is 3.41. The fourth-order valence-electron chi connectivity index (χ4n) is 1.60. The number of aromatic amines is 1. The van der Waals surface area contributed by atoms with Crippen molar-refractivity contribution in [2.24, 2.45) is 5.73 Å². The number of nitrogens with zero attached hydrogens (tertiary/aromatic N) is 1. The zero-order valence-electron chi connectivity index (χ0n) is 7.13. The summed E-state index contributed by atoms with van der Waals surface area (Å²) < 4.78 is 5.18. The highest BCUT2D eigenvalue weighted by molar-refractivity contribution is 5.27. The smallest absolute Gasteiger partial charge is 0.0711 e. The van der Waals surface area contributed by atoms with Gasteiger partial charge in [-0.2, -0.15) is 5.10 Å². The molecular formula is C8H13N3O. The van der Waals surface area contributed by atoms with Crippen LogP contribution in [0.4, 0.5) is 0 Å². The Morgan fingerprint density at radius 1 is 1.75 bits per heavy atom. The number of nitrogens with two attached hydrogens (primary N) is 1. The van der Waals surface area contributed by atoms with Crippen LogP contribution < -0.4 is 5.73 Å². The van der Waals surface area contributed by atoms with Gasteiger partial charge in [0.25, 0.3) is 0 Å². The van der Waals surface area contributed by atoms with E-state index in [9.17, 15) is 0 Å². The van der Waals surface area contributed by atoms with E-state index in [0.717, 1.165) is 5.69 Å². The molecule has 0 saturated carbocycles. The van der Waals surface area contributed by atoms with E-state index in [0.29, 0.717) is 19.8 Å². The number of ether oxygens (including phenoxy) is 1. The summed E-state index contributed by atoms with van der Waals surface area (Å²) in [6.07, 6.45) is 1.82. The number of aromatic nitrogens is 2. The predicted octanol–water partition coefficient (Wildman–Crippen LogP) is -0.0552. The molecule has 2 rings (SSSR count). The maximum absolute atomic E-state index is 5.70. The van der Waals surface area contributed by atoms with Gasteiger partial charge in [-0.25, -0.2) is 0 Å². The summed E-state index contributed by atoms with van der Waals surface area (Å²) in [6, 6.07) is 0. The highest BCUT2D eigenvalue weighted by Crippen LogP contribution is 2.31. The summed E-state index contributed by atoms with van der Waals surface area (Å²) in [5, 5.41) is 6.97. The van der Waals surface area contributed by atoms with Crippen LogP contribution in [0, 0.1) is 6.92 Å². The first-order valence-electron chi connectivity index (χ1n) is 4.07. The molecule has 0 bridgehead atoms. The average molecular weight is 167 g/mol. The third kappa shape index (κ3) is 0.884. The lowest BCUT2D eigenvalue weighted by Gasteiger charge is -2.39. The summed E-state index contributed by atoms with van der Waals surface area (Å²) in [5.74, 6) is 0. The number of hydrogen-bond donors (Lipinski definition) is 2. The van der Waals surface area contributed by atoms with Crippen LogP contribution in [0.25, 0.3) is 0 Å². The highest BCUT2D eigenvalue weighted by Gasteiger charge is 2.41. The molecule has 4 nitrogen and oxygen atoms in total. The molecule has 0 radical (unpaired) electrons. The molecule has 0 atom stereocenters. The quantitative estimate of drug-likeness (QED) is 0.648. The maximum Gasteiger partial charge on any atom is 0.0711 e. The lowest BCUT2D eigenvalue weighted by Crippen LogP contribution is -2.52. The Morgan fingerprint density at radius 2 is 2.50 bits per heavy atom. The van der Waals surface area contributed by atoms with Gasteiger partial charge in [0.15, 0.2) is 0 Å². The van der Waals surface area contributed by atoms with Gasteiger partial charge >= 0.3 is 0 Å². The molecule has 2 heterocycles. The van der Waals surface area contributed by atoms with Gasteiger partial charge < -0.3 is 10.5 Å². The van der Waals surface area contributed by atoms with Crippen LogP contribution in [0.1, 0.15) is 11.3 Å². The van der Waals surface area contributed by atoms with Gasteiger partial charge in [-0.05, 0) is 12.5 Å². The largest absolute Gasteiger partial charge is 0.379 e. The van der Waals surface area contributed by atoms with Crippen molar-refractivity contribution < 1.29 is 4.74 Å². The van der Waals surface area contributed by atoms with Gasteiger partial charge in [-0.3, -0.25) is 5.10 Å². The number of hydrogen-bond acceptors (Lipinski definition) is 3. The number of rotatable bonds is 2. The van der Waals surface area contributed by atoms with Crippen molar-refractivity contribution in [3.63, 3.8) is 0 Å². The first-order valence-corrected chi connectivity index (χ1v) is 4.07. The van der Waals surface area contributed by atoms with Crippen molar-refractivity contribution in [1.29, 1.82) is 0 Å². The van der Waals surface area contributed by atoms with Gasteiger partial charge in [0, 0.05) is 6.54 Å². The third-order valence-electron chi connectivity index (χ3n) is 2.51. The van der Waals surface area contributed by atoms with Gasteiger partial charge in [-0.1, -0.05) is 0 Å². The van der Waals surface area contributed by atoms with Gasteiger partial charge in [0.05, 0.1) is 30.5 Å². The Hall–Kier alpha value is -0.870. The fraction of sp³-hybridized carbons (Fsp3) is 0.625. The van der Waals surface area contributed by atoms with Crippen LogP contribution in [0.3, 0.4) is 0 Å². The zero-order valence-corrected chi connectivity index (χ0v) is 7.13. The van der Waals surface area contributed by atoms with E-state index in [1.807, 2.05) is 13.1 Å². The van der Waals surface area contributed by atoms with Crippen molar-refractivity contribution in [2.45, 2.75) is 12.3 Å². The van der Waals surface area contributed by atoms with Crippen LogP contribution in [0.15, 0.2) is 6.20 Å². The Kier molecular flexibility index (Phi) is 1.66. The van der Waals surface area contributed by atoms with Crippen LogP contribution >= 0.6 is 0 Å². The molecule has 66 valence electrons. The minimum absolute atomic E-state index is 0.0145. The molecule has 1 aromatic rings. The molecule has 0 aliphatic carbocycles. The third-order valence-corrected chi connectivity index (χ3v) is 2.51. The highest BCUT2D eigenvalue weighted by atomic mass is 16.5. The van der Waals surface area contributed by atoms with E-state index in [1.54, 1.807) is 0 Å². The molecule has 0 amide bonds.